The topological polar surface area (TPSA) is 105 Å². The lowest BCUT2D eigenvalue weighted by atomic mass is 10.3. The molecule has 7 nitrogen and oxygen atoms in total. The van der Waals surface area contributed by atoms with Crippen LogP contribution in [0.25, 0.3) is 0 Å². The number of carboxylic acid groups (broad SMARTS) is 1. The molecule has 0 unspecified atom stereocenters. The van der Waals surface area contributed by atoms with E-state index in [0.29, 0.717) is 6.54 Å². The Balaban J connectivity index is 4.08. The molecule has 0 radical (unpaired) electrons. The maximum Gasteiger partial charge on any atom is 0.407 e. The largest absolute Gasteiger partial charge is 0.480 e. The third-order valence-corrected chi connectivity index (χ3v) is 2.93. The highest BCUT2D eigenvalue weighted by molar-refractivity contribution is 8.13. The zero-order valence-corrected chi connectivity index (χ0v) is 11.9. The summed E-state index contributed by atoms with van der Waals surface area (Å²) in [5, 5.41) is 13.3. The Kier molecular flexibility index (Phi) is 9.69. The fourth-order valence-corrected chi connectivity index (χ4v) is 1.81. The van der Waals surface area contributed by atoms with Gasteiger partial charge in [0.25, 0.3) is 5.24 Å². The number of carbonyl (C=O) groups is 3. The van der Waals surface area contributed by atoms with Crippen LogP contribution in [0.3, 0.4) is 0 Å². The van der Waals surface area contributed by atoms with Gasteiger partial charge in [-0.05, 0) is 13.3 Å². The standard InChI is InChI=1S/C11H20N2O5S/c1-3-5-6-18-10(16)13-8(9(14)15)7-19-11(17)12-4-2/h8H,3-7H2,1-2H3,(H,12,17)(H,13,16)(H,14,15)/t8-/m0/s1. The molecular formula is C11H20N2O5S. The van der Waals surface area contributed by atoms with Gasteiger partial charge in [-0.3, -0.25) is 4.79 Å². The van der Waals surface area contributed by atoms with Crippen molar-refractivity contribution < 1.29 is 24.2 Å². The predicted octanol–water partition coefficient (Wildman–Crippen LogP) is 1.43. The Hall–Kier alpha value is -1.44. The average Bonchev–Trinajstić information content (AvgIpc) is 2.34. The average molecular weight is 292 g/mol. The third-order valence-electron chi connectivity index (χ3n) is 2.02. The van der Waals surface area contributed by atoms with Crippen molar-refractivity contribution >= 4 is 29.1 Å². The van der Waals surface area contributed by atoms with Crippen LogP contribution in [-0.2, 0) is 9.53 Å². The summed E-state index contributed by atoms with van der Waals surface area (Å²) in [7, 11) is 0. The molecule has 0 saturated heterocycles. The van der Waals surface area contributed by atoms with Gasteiger partial charge in [0, 0.05) is 12.3 Å². The van der Waals surface area contributed by atoms with Gasteiger partial charge >= 0.3 is 12.1 Å². The summed E-state index contributed by atoms with van der Waals surface area (Å²) in [4.78, 5) is 33.4. The normalized spacial score (nSPS) is 11.5. The number of rotatable bonds is 8. The van der Waals surface area contributed by atoms with Crippen LogP contribution in [0.2, 0.25) is 0 Å². The molecule has 3 N–H and O–H groups in total. The zero-order chi connectivity index (χ0) is 14.7. The van der Waals surface area contributed by atoms with Crippen LogP contribution in [-0.4, -0.2) is 47.4 Å². The molecule has 0 aromatic carbocycles. The maximum absolute atomic E-state index is 11.3. The molecule has 0 rings (SSSR count). The van der Waals surface area contributed by atoms with Crippen molar-refractivity contribution in [2.24, 2.45) is 0 Å². The van der Waals surface area contributed by atoms with E-state index in [0.717, 1.165) is 24.6 Å². The Morgan fingerprint density at radius 1 is 1.32 bits per heavy atom. The minimum Gasteiger partial charge on any atom is -0.480 e. The van der Waals surface area contributed by atoms with E-state index in [1.54, 1.807) is 6.92 Å². The molecule has 1 atom stereocenters. The van der Waals surface area contributed by atoms with Gasteiger partial charge in [0.2, 0.25) is 0 Å². The van der Waals surface area contributed by atoms with Gasteiger partial charge in [0.05, 0.1) is 6.61 Å². The second-order valence-corrected chi connectivity index (χ2v) is 4.65. The van der Waals surface area contributed by atoms with E-state index in [4.69, 9.17) is 9.84 Å². The van der Waals surface area contributed by atoms with E-state index in [1.807, 2.05) is 6.92 Å². The Morgan fingerprint density at radius 3 is 2.53 bits per heavy atom. The summed E-state index contributed by atoms with van der Waals surface area (Å²) in [6.07, 6.45) is 0.818. The van der Waals surface area contributed by atoms with Gasteiger partial charge in [0.15, 0.2) is 0 Å². The lowest BCUT2D eigenvalue weighted by Crippen LogP contribution is -2.43. The number of nitrogens with one attached hydrogen (secondary N) is 2. The number of carbonyl (C=O) groups excluding carboxylic acids is 2. The van der Waals surface area contributed by atoms with Crippen molar-refractivity contribution in [3.05, 3.63) is 0 Å². The summed E-state index contributed by atoms with van der Waals surface area (Å²) in [5.41, 5.74) is 0. The first-order valence-corrected chi connectivity index (χ1v) is 7.06. The lowest BCUT2D eigenvalue weighted by molar-refractivity contribution is -0.138. The molecule has 0 fully saturated rings. The van der Waals surface area contributed by atoms with Gasteiger partial charge in [-0.15, -0.1) is 0 Å². The molecule has 2 amide bonds. The molecule has 0 aliphatic heterocycles. The van der Waals surface area contributed by atoms with E-state index in [-0.39, 0.29) is 17.6 Å². The van der Waals surface area contributed by atoms with Crippen LogP contribution >= 0.6 is 11.8 Å². The second kappa shape index (κ2) is 10.5. The van der Waals surface area contributed by atoms with Crippen molar-refractivity contribution in [3.8, 4) is 0 Å². The minimum atomic E-state index is -1.20. The first kappa shape index (κ1) is 17.6. The summed E-state index contributed by atoms with van der Waals surface area (Å²) < 4.78 is 4.79. The predicted molar refractivity (Wildman–Crippen MR) is 72.3 cm³/mol. The molecule has 0 aliphatic carbocycles. The van der Waals surface area contributed by atoms with E-state index >= 15 is 0 Å². The molecule has 110 valence electrons. The zero-order valence-electron chi connectivity index (χ0n) is 11.1. The fraction of sp³-hybridized carbons (Fsp3) is 0.727. The fourth-order valence-electron chi connectivity index (χ4n) is 1.02. The Labute approximate surface area is 116 Å². The Morgan fingerprint density at radius 2 is 2.00 bits per heavy atom. The molecule has 0 bridgehead atoms. The van der Waals surface area contributed by atoms with Gasteiger partial charge in [-0.1, -0.05) is 25.1 Å². The van der Waals surface area contributed by atoms with Crippen molar-refractivity contribution in [2.45, 2.75) is 32.7 Å². The van der Waals surface area contributed by atoms with Crippen molar-refractivity contribution in [2.75, 3.05) is 18.9 Å². The van der Waals surface area contributed by atoms with E-state index in [1.165, 1.54) is 0 Å². The molecule has 0 aromatic heterocycles. The lowest BCUT2D eigenvalue weighted by Gasteiger charge is -2.13. The maximum atomic E-state index is 11.3. The number of unbranched alkanes of at least 4 members (excludes halogenated alkanes) is 1. The van der Waals surface area contributed by atoms with E-state index in [2.05, 4.69) is 10.6 Å². The number of hydrogen-bond donors (Lipinski definition) is 3. The highest BCUT2D eigenvalue weighted by Gasteiger charge is 2.21. The molecule has 0 heterocycles. The van der Waals surface area contributed by atoms with Gasteiger partial charge in [-0.25, -0.2) is 9.59 Å². The SMILES string of the molecule is CCCCOC(=O)N[C@@H](CSC(=O)NCC)C(=O)O. The molecular weight excluding hydrogens is 272 g/mol. The Bertz CT molecular complexity index is 311. The van der Waals surface area contributed by atoms with Crippen LogP contribution in [0.1, 0.15) is 26.7 Å². The van der Waals surface area contributed by atoms with Crippen LogP contribution in [0.15, 0.2) is 0 Å². The molecule has 0 aromatic rings. The van der Waals surface area contributed by atoms with Gasteiger partial charge < -0.3 is 20.5 Å². The first-order valence-electron chi connectivity index (χ1n) is 6.07. The number of thioether (sulfide) groups is 1. The van der Waals surface area contributed by atoms with Crippen molar-refractivity contribution in [1.29, 1.82) is 0 Å². The summed E-state index contributed by atoms with van der Waals surface area (Å²) in [5.74, 6) is -1.26. The van der Waals surface area contributed by atoms with Crippen molar-refractivity contribution in [3.63, 3.8) is 0 Å². The quantitative estimate of drug-likeness (QED) is 0.584. The molecule has 19 heavy (non-hydrogen) atoms. The molecule has 0 saturated carbocycles. The molecule has 0 spiro atoms. The van der Waals surface area contributed by atoms with Crippen molar-refractivity contribution in [1.82, 2.24) is 10.6 Å². The molecule has 0 aliphatic rings. The summed E-state index contributed by atoms with van der Waals surface area (Å²) in [6, 6.07) is -1.15. The van der Waals surface area contributed by atoms with E-state index in [9.17, 15) is 14.4 Å². The third kappa shape index (κ3) is 9.18. The molecule has 8 heteroatoms. The number of aliphatic carboxylic acids is 1. The van der Waals surface area contributed by atoms with Crippen LogP contribution in [0.5, 0.6) is 0 Å². The van der Waals surface area contributed by atoms with Crippen LogP contribution < -0.4 is 10.6 Å². The van der Waals surface area contributed by atoms with Crippen LogP contribution in [0, 0.1) is 0 Å². The first-order chi connectivity index (χ1) is 9.01. The van der Waals surface area contributed by atoms with Crippen LogP contribution in [0.4, 0.5) is 9.59 Å². The smallest absolute Gasteiger partial charge is 0.407 e. The monoisotopic (exact) mass is 292 g/mol. The minimum absolute atomic E-state index is 0.0515. The highest BCUT2D eigenvalue weighted by atomic mass is 32.2. The number of alkyl carbamates (subject to hydrolysis) is 1. The number of amides is 2. The number of hydrogen-bond acceptors (Lipinski definition) is 5. The summed E-state index contributed by atoms with van der Waals surface area (Å²) >= 11 is 0.807. The second-order valence-electron chi connectivity index (χ2n) is 3.65. The number of carboxylic acids is 1. The summed E-state index contributed by atoms with van der Waals surface area (Å²) in [6.45, 7) is 4.43. The van der Waals surface area contributed by atoms with Gasteiger partial charge in [0.1, 0.15) is 6.04 Å². The van der Waals surface area contributed by atoms with Gasteiger partial charge in [-0.2, -0.15) is 0 Å². The van der Waals surface area contributed by atoms with E-state index < -0.39 is 18.1 Å². The number of ether oxygens (including phenoxy) is 1. The highest BCUT2D eigenvalue weighted by Crippen LogP contribution is 2.05.